The number of hydrogen-bond donors (Lipinski definition) is 0. The average Bonchev–Trinajstić information content (AvgIpc) is 2.35. The minimum Gasteiger partial charge on any atom is -0.258 e. The number of pyridine rings is 1. The molecule has 0 N–H and O–H groups in total. The van der Waals surface area contributed by atoms with E-state index in [4.69, 9.17) is 23.2 Å². The van der Waals surface area contributed by atoms with Crippen LogP contribution in [-0.4, -0.2) is 4.98 Å². The second-order valence-corrected chi connectivity index (χ2v) is 4.33. The van der Waals surface area contributed by atoms with Crippen molar-refractivity contribution in [3.63, 3.8) is 0 Å². The summed E-state index contributed by atoms with van der Waals surface area (Å²) in [5, 5.41) is 10.4. The van der Waals surface area contributed by atoms with Crippen LogP contribution in [0.5, 0.6) is 0 Å². The molecule has 0 bridgehead atoms. The molecule has 2 aromatic rings. The van der Waals surface area contributed by atoms with Gasteiger partial charge in [-0.1, -0.05) is 35.3 Å². The summed E-state index contributed by atoms with van der Waals surface area (Å²) >= 11 is 11.9. The lowest BCUT2D eigenvalue weighted by Crippen LogP contribution is -2.01. The summed E-state index contributed by atoms with van der Waals surface area (Å²) in [7, 11) is 0. The van der Waals surface area contributed by atoms with E-state index in [0.717, 1.165) is 5.56 Å². The fourth-order valence-electron chi connectivity index (χ4n) is 1.56. The number of halogens is 2. The molecule has 0 spiro atoms. The van der Waals surface area contributed by atoms with E-state index in [9.17, 15) is 5.26 Å². The van der Waals surface area contributed by atoms with Crippen molar-refractivity contribution < 1.29 is 0 Å². The third-order valence-corrected chi connectivity index (χ3v) is 2.96. The standard InChI is InChI=1S/C13H8Cl2N2/c14-10-5-3-9(4-6-10)11(8-16)13-12(15)2-1-7-17-13/h1-7,11H. The van der Waals surface area contributed by atoms with E-state index < -0.39 is 5.92 Å². The zero-order valence-corrected chi connectivity index (χ0v) is 10.3. The Hall–Kier alpha value is -1.56. The Labute approximate surface area is 109 Å². The number of nitriles is 1. The van der Waals surface area contributed by atoms with Crippen LogP contribution >= 0.6 is 23.2 Å². The van der Waals surface area contributed by atoms with Crippen molar-refractivity contribution >= 4 is 23.2 Å². The molecular weight excluding hydrogens is 255 g/mol. The summed E-state index contributed by atoms with van der Waals surface area (Å²) in [6.45, 7) is 0. The van der Waals surface area contributed by atoms with Gasteiger partial charge in [0.15, 0.2) is 0 Å². The molecule has 0 saturated carbocycles. The van der Waals surface area contributed by atoms with Gasteiger partial charge in [-0.15, -0.1) is 0 Å². The topological polar surface area (TPSA) is 36.7 Å². The van der Waals surface area contributed by atoms with E-state index in [1.807, 2.05) is 0 Å². The van der Waals surface area contributed by atoms with E-state index in [1.165, 1.54) is 0 Å². The van der Waals surface area contributed by atoms with Crippen molar-refractivity contribution in [3.05, 3.63) is 63.9 Å². The maximum absolute atomic E-state index is 9.25. The van der Waals surface area contributed by atoms with Crippen LogP contribution in [0.25, 0.3) is 0 Å². The van der Waals surface area contributed by atoms with E-state index in [0.29, 0.717) is 15.7 Å². The van der Waals surface area contributed by atoms with Gasteiger partial charge in [0, 0.05) is 11.2 Å². The third-order valence-electron chi connectivity index (χ3n) is 2.39. The molecule has 0 saturated heterocycles. The Morgan fingerprint density at radius 2 is 1.82 bits per heavy atom. The first-order chi connectivity index (χ1) is 8.22. The highest BCUT2D eigenvalue weighted by Crippen LogP contribution is 2.28. The highest BCUT2D eigenvalue weighted by molar-refractivity contribution is 6.31. The van der Waals surface area contributed by atoms with Gasteiger partial charge in [0.2, 0.25) is 0 Å². The zero-order chi connectivity index (χ0) is 12.3. The second kappa shape index (κ2) is 5.18. The van der Waals surface area contributed by atoms with Gasteiger partial charge in [-0.05, 0) is 29.8 Å². The molecule has 2 rings (SSSR count). The molecule has 0 aliphatic carbocycles. The van der Waals surface area contributed by atoms with Crippen LogP contribution in [0.15, 0.2) is 42.6 Å². The lowest BCUT2D eigenvalue weighted by atomic mass is 9.97. The van der Waals surface area contributed by atoms with Gasteiger partial charge < -0.3 is 0 Å². The number of benzene rings is 1. The van der Waals surface area contributed by atoms with Gasteiger partial charge in [0.25, 0.3) is 0 Å². The molecule has 0 aliphatic rings. The summed E-state index contributed by atoms with van der Waals surface area (Å²) < 4.78 is 0. The summed E-state index contributed by atoms with van der Waals surface area (Å²) in [6.07, 6.45) is 1.63. The summed E-state index contributed by atoms with van der Waals surface area (Å²) in [5.41, 5.74) is 1.40. The molecule has 0 radical (unpaired) electrons. The molecular formula is C13H8Cl2N2. The molecule has 84 valence electrons. The third kappa shape index (κ3) is 2.58. The number of aromatic nitrogens is 1. The lowest BCUT2D eigenvalue weighted by Gasteiger charge is -2.10. The van der Waals surface area contributed by atoms with E-state index >= 15 is 0 Å². The molecule has 2 nitrogen and oxygen atoms in total. The van der Waals surface area contributed by atoms with Crippen molar-refractivity contribution in [2.45, 2.75) is 5.92 Å². The zero-order valence-electron chi connectivity index (χ0n) is 8.77. The molecule has 17 heavy (non-hydrogen) atoms. The van der Waals surface area contributed by atoms with Crippen LogP contribution in [0.4, 0.5) is 0 Å². The SMILES string of the molecule is N#CC(c1ccc(Cl)cc1)c1ncccc1Cl. The van der Waals surface area contributed by atoms with Crippen LogP contribution in [-0.2, 0) is 0 Å². The minimum absolute atomic E-state index is 0.471. The molecule has 0 amide bonds. The Morgan fingerprint density at radius 1 is 1.12 bits per heavy atom. The summed E-state index contributed by atoms with van der Waals surface area (Å²) in [4.78, 5) is 4.16. The number of hydrogen-bond acceptors (Lipinski definition) is 2. The van der Waals surface area contributed by atoms with Crippen molar-refractivity contribution in [3.8, 4) is 6.07 Å². The fraction of sp³-hybridized carbons (Fsp3) is 0.0769. The van der Waals surface area contributed by atoms with Gasteiger partial charge in [0.05, 0.1) is 16.8 Å². The Morgan fingerprint density at radius 3 is 2.41 bits per heavy atom. The van der Waals surface area contributed by atoms with Gasteiger partial charge >= 0.3 is 0 Å². The van der Waals surface area contributed by atoms with Crippen LogP contribution < -0.4 is 0 Å². The normalized spacial score (nSPS) is 11.8. The van der Waals surface area contributed by atoms with Crippen LogP contribution in [0.3, 0.4) is 0 Å². The Kier molecular flexibility index (Phi) is 3.63. The minimum atomic E-state index is -0.471. The fourth-order valence-corrected chi connectivity index (χ4v) is 1.92. The Balaban J connectivity index is 2.45. The molecule has 0 aliphatic heterocycles. The highest BCUT2D eigenvalue weighted by atomic mass is 35.5. The summed E-state index contributed by atoms with van der Waals surface area (Å²) in [5.74, 6) is -0.471. The number of rotatable bonds is 2. The van der Waals surface area contributed by atoms with Gasteiger partial charge in [0.1, 0.15) is 5.92 Å². The molecule has 1 aromatic carbocycles. The molecule has 1 aromatic heterocycles. The second-order valence-electron chi connectivity index (χ2n) is 3.48. The lowest BCUT2D eigenvalue weighted by molar-refractivity contribution is 0.966. The van der Waals surface area contributed by atoms with E-state index in [2.05, 4.69) is 11.1 Å². The Bertz CT molecular complexity index is 558. The van der Waals surface area contributed by atoms with E-state index in [1.54, 1.807) is 42.6 Å². The molecule has 1 unspecified atom stereocenters. The average molecular weight is 263 g/mol. The predicted molar refractivity (Wildman–Crippen MR) is 68.2 cm³/mol. The van der Waals surface area contributed by atoms with Crippen LogP contribution in [0.1, 0.15) is 17.2 Å². The molecule has 0 fully saturated rings. The van der Waals surface area contributed by atoms with Crippen LogP contribution in [0, 0.1) is 11.3 Å². The van der Waals surface area contributed by atoms with Gasteiger partial charge in [-0.2, -0.15) is 5.26 Å². The van der Waals surface area contributed by atoms with Crippen molar-refractivity contribution in [1.29, 1.82) is 5.26 Å². The largest absolute Gasteiger partial charge is 0.258 e. The van der Waals surface area contributed by atoms with Gasteiger partial charge in [-0.25, -0.2) is 0 Å². The molecule has 4 heteroatoms. The molecule has 1 heterocycles. The quantitative estimate of drug-likeness (QED) is 0.819. The first-order valence-electron chi connectivity index (χ1n) is 4.98. The van der Waals surface area contributed by atoms with Crippen molar-refractivity contribution in [2.24, 2.45) is 0 Å². The molecule has 1 atom stereocenters. The first-order valence-corrected chi connectivity index (χ1v) is 5.73. The number of nitrogens with zero attached hydrogens (tertiary/aromatic N) is 2. The smallest absolute Gasteiger partial charge is 0.115 e. The predicted octanol–water partition coefficient (Wildman–Crippen LogP) is 4.04. The van der Waals surface area contributed by atoms with Crippen molar-refractivity contribution in [1.82, 2.24) is 4.98 Å². The summed E-state index contributed by atoms with van der Waals surface area (Å²) in [6, 6.07) is 12.8. The maximum atomic E-state index is 9.25. The van der Waals surface area contributed by atoms with Gasteiger partial charge in [-0.3, -0.25) is 4.98 Å². The first kappa shape index (κ1) is 11.9. The van der Waals surface area contributed by atoms with Crippen LogP contribution in [0.2, 0.25) is 10.0 Å². The highest BCUT2D eigenvalue weighted by Gasteiger charge is 2.17. The maximum Gasteiger partial charge on any atom is 0.115 e. The monoisotopic (exact) mass is 262 g/mol. The van der Waals surface area contributed by atoms with Crippen molar-refractivity contribution in [2.75, 3.05) is 0 Å². The van der Waals surface area contributed by atoms with E-state index in [-0.39, 0.29) is 0 Å².